The first kappa shape index (κ1) is 15.3. The lowest BCUT2D eigenvalue weighted by Crippen LogP contribution is -2.13. The molecule has 0 saturated heterocycles. The molecule has 1 aliphatic rings. The van der Waals surface area contributed by atoms with Gasteiger partial charge in [-0.2, -0.15) is 5.10 Å². The molecular formula is C17H23N3OS. The van der Waals surface area contributed by atoms with Crippen molar-refractivity contribution in [2.75, 3.05) is 0 Å². The molecule has 2 heterocycles. The summed E-state index contributed by atoms with van der Waals surface area (Å²) in [4.78, 5) is 13.8. The molecule has 0 spiro atoms. The molecule has 0 bridgehead atoms. The largest absolute Gasteiger partial charge is 0.365 e. The number of fused-ring (bicyclic) bond motifs is 3. The second kappa shape index (κ2) is 6.24. The van der Waals surface area contributed by atoms with E-state index in [1.54, 1.807) is 11.3 Å². The fourth-order valence-corrected chi connectivity index (χ4v) is 4.55. The summed E-state index contributed by atoms with van der Waals surface area (Å²) in [6, 6.07) is 0. The monoisotopic (exact) mass is 317 g/mol. The van der Waals surface area contributed by atoms with E-state index < -0.39 is 0 Å². The van der Waals surface area contributed by atoms with Gasteiger partial charge in [0.15, 0.2) is 0 Å². The van der Waals surface area contributed by atoms with Gasteiger partial charge in [-0.05, 0) is 36.8 Å². The van der Waals surface area contributed by atoms with Crippen molar-refractivity contribution in [2.24, 2.45) is 12.8 Å². The van der Waals surface area contributed by atoms with Crippen molar-refractivity contribution >= 4 is 17.2 Å². The van der Waals surface area contributed by atoms with Gasteiger partial charge < -0.3 is 5.73 Å². The first-order valence-corrected chi connectivity index (χ1v) is 8.90. The van der Waals surface area contributed by atoms with Gasteiger partial charge >= 0.3 is 0 Å². The Morgan fingerprint density at radius 1 is 1.36 bits per heavy atom. The molecule has 0 fully saturated rings. The molecule has 1 amide bonds. The molecule has 0 aromatic carbocycles. The lowest BCUT2D eigenvalue weighted by molar-refractivity contribution is 0.100. The minimum atomic E-state index is -0.291. The van der Waals surface area contributed by atoms with E-state index in [4.69, 9.17) is 5.73 Å². The number of rotatable bonds is 6. The molecule has 0 radical (unpaired) electrons. The van der Waals surface area contributed by atoms with Crippen molar-refractivity contribution in [1.29, 1.82) is 0 Å². The van der Waals surface area contributed by atoms with E-state index in [9.17, 15) is 4.79 Å². The van der Waals surface area contributed by atoms with Gasteiger partial charge in [-0.3, -0.25) is 9.48 Å². The number of carbonyl (C=O) groups is 1. The lowest BCUT2D eigenvalue weighted by atomic mass is 9.89. The zero-order chi connectivity index (χ0) is 15.7. The van der Waals surface area contributed by atoms with Gasteiger partial charge in [-0.25, -0.2) is 0 Å². The van der Waals surface area contributed by atoms with Crippen LogP contribution in [0.15, 0.2) is 6.20 Å². The molecule has 4 nitrogen and oxygen atoms in total. The lowest BCUT2D eigenvalue weighted by Gasteiger charge is -2.13. The van der Waals surface area contributed by atoms with Crippen LogP contribution in [-0.4, -0.2) is 15.7 Å². The van der Waals surface area contributed by atoms with Gasteiger partial charge in [0.1, 0.15) is 0 Å². The summed E-state index contributed by atoms with van der Waals surface area (Å²) in [7, 11) is 1.96. The van der Waals surface area contributed by atoms with E-state index in [-0.39, 0.29) is 5.91 Å². The second-order valence-corrected chi connectivity index (χ2v) is 7.16. The minimum Gasteiger partial charge on any atom is -0.365 e. The van der Waals surface area contributed by atoms with E-state index in [1.165, 1.54) is 41.7 Å². The first-order valence-electron chi connectivity index (χ1n) is 8.09. The molecule has 0 aliphatic heterocycles. The van der Waals surface area contributed by atoms with E-state index in [0.717, 1.165) is 35.4 Å². The van der Waals surface area contributed by atoms with Crippen LogP contribution in [0.4, 0.5) is 0 Å². The maximum Gasteiger partial charge on any atom is 0.259 e. The number of hydrogen-bond donors (Lipinski definition) is 1. The number of thiophene rings is 1. The second-order valence-electron chi connectivity index (χ2n) is 6.06. The molecular weight excluding hydrogens is 294 g/mol. The first-order chi connectivity index (χ1) is 10.6. The van der Waals surface area contributed by atoms with Gasteiger partial charge in [-0.15, -0.1) is 11.3 Å². The number of nitrogens with two attached hydrogens (primary N) is 1. The van der Waals surface area contributed by atoms with Crippen LogP contribution >= 0.6 is 11.3 Å². The van der Waals surface area contributed by atoms with Crippen molar-refractivity contribution in [3.63, 3.8) is 0 Å². The summed E-state index contributed by atoms with van der Waals surface area (Å²) in [5.74, 6) is -0.291. The summed E-state index contributed by atoms with van der Waals surface area (Å²) in [5, 5.41) is 4.64. The fraction of sp³-hybridized carbons (Fsp3) is 0.529. The molecule has 1 aliphatic carbocycles. The van der Waals surface area contributed by atoms with Gasteiger partial charge in [0.25, 0.3) is 5.91 Å². The number of carbonyl (C=O) groups excluding carboxylic acids is 1. The van der Waals surface area contributed by atoms with Gasteiger partial charge in [0.2, 0.25) is 0 Å². The van der Waals surface area contributed by atoms with E-state index in [1.807, 2.05) is 11.7 Å². The summed E-state index contributed by atoms with van der Waals surface area (Å²) in [6.07, 6.45) is 9.88. The average Bonchev–Trinajstić information content (AvgIpc) is 3.03. The Morgan fingerprint density at radius 2 is 2.18 bits per heavy atom. The van der Waals surface area contributed by atoms with Crippen molar-refractivity contribution in [2.45, 2.75) is 51.9 Å². The highest BCUT2D eigenvalue weighted by Crippen LogP contribution is 2.42. The van der Waals surface area contributed by atoms with Crippen molar-refractivity contribution in [1.82, 2.24) is 9.78 Å². The zero-order valence-corrected chi connectivity index (χ0v) is 14.1. The molecule has 118 valence electrons. The van der Waals surface area contributed by atoms with Crippen LogP contribution in [0.3, 0.4) is 0 Å². The summed E-state index contributed by atoms with van der Waals surface area (Å²) in [6.45, 7) is 2.22. The van der Waals surface area contributed by atoms with Gasteiger partial charge in [0, 0.05) is 23.7 Å². The minimum absolute atomic E-state index is 0.291. The van der Waals surface area contributed by atoms with Crippen LogP contribution < -0.4 is 5.73 Å². The molecule has 2 N–H and O–H groups in total. The number of primary amides is 1. The van der Waals surface area contributed by atoms with Crippen LogP contribution in [0.25, 0.3) is 11.3 Å². The quantitative estimate of drug-likeness (QED) is 0.829. The maximum atomic E-state index is 11.8. The fourth-order valence-electron chi connectivity index (χ4n) is 3.31. The third-order valence-electron chi connectivity index (χ3n) is 4.35. The summed E-state index contributed by atoms with van der Waals surface area (Å²) < 4.78 is 1.88. The van der Waals surface area contributed by atoms with Crippen LogP contribution in [0.1, 0.15) is 58.3 Å². The number of hydrogen-bond acceptors (Lipinski definition) is 3. The third-order valence-corrected chi connectivity index (χ3v) is 5.65. The Balaban J connectivity index is 1.99. The molecule has 22 heavy (non-hydrogen) atoms. The normalized spacial score (nSPS) is 13.0. The number of unbranched alkanes of at least 4 members (excludes halogenated alkanes) is 3. The van der Waals surface area contributed by atoms with Crippen LogP contribution in [0.5, 0.6) is 0 Å². The topological polar surface area (TPSA) is 60.9 Å². The Bertz CT molecular complexity index is 699. The molecule has 3 rings (SSSR count). The van der Waals surface area contributed by atoms with E-state index >= 15 is 0 Å². The molecule has 2 aromatic rings. The van der Waals surface area contributed by atoms with Crippen molar-refractivity contribution < 1.29 is 4.79 Å². The Hall–Kier alpha value is -1.62. The predicted molar refractivity (Wildman–Crippen MR) is 90.3 cm³/mol. The highest BCUT2D eigenvalue weighted by Gasteiger charge is 2.28. The van der Waals surface area contributed by atoms with Gasteiger partial charge in [0.05, 0.1) is 10.6 Å². The third kappa shape index (κ3) is 2.70. The van der Waals surface area contributed by atoms with Crippen LogP contribution in [-0.2, 0) is 26.3 Å². The molecule has 0 unspecified atom stereocenters. The van der Waals surface area contributed by atoms with Crippen molar-refractivity contribution in [3.05, 3.63) is 27.1 Å². The molecule has 0 atom stereocenters. The standard InChI is InChI=1S/C17H23N3OS/c1-3-4-5-6-7-13-14-12(16(22-13)17(18)21)9-8-11-10-20(2)19-15(11)14/h10H,3-9H2,1-2H3,(H2,18,21). The maximum absolute atomic E-state index is 11.8. The Labute approximate surface area is 135 Å². The van der Waals surface area contributed by atoms with Crippen LogP contribution in [0.2, 0.25) is 0 Å². The Kier molecular flexibility index (Phi) is 4.34. The number of nitrogens with zero attached hydrogens (tertiary/aromatic N) is 2. The smallest absolute Gasteiger partial charge is 0.259 e. The average molecular weight is 317 g/mol. The summed E-state index contributed by atoms with van der Waals surface area (Å²) in [5.41, 5.74) is 10.3. The number of amides is 1. The Morgan fingerprint density at radius 3 is 2.91 bits per heavy atom. The number of aryl methyl sites for hydroxylation is 3. The molecule has 5 heteroatoms. The molecule has 0 saturated carbocycles. The predicted octanol–water partition coefficient (Wildman–Crippen LogP) is 3.47. The number of aromatic nitrogens is 2. The highest BCUT2D eigenvalue weighted by molar-refractivity contribution is 7.14. The van der Waals surface area contributed by atoms with E-state index in [2.05, 4.69) is 18.2 Å². The van der Waals surface area contributed by atoms with Gasteiger partial charge in [-0.1, -0.05) is 26.2 Å². The zero-order valence-electron chi connectivity index (χ0n) is 13.3. The summed E-state index contributed by atoms with van der Waals surface area (Å²) >= 11 is 1.59. The SMILES string of the molecule is CCCCCCc1sc(C(N)=O)c2c1-c1nn(C)cc1CC2. The molecule has 2 aromatic heterocycles. The van der Waals surface area contributed by atoms with Crippen molar-refractivity contribution in [3.8, 4) is 11.3 Å². The van der Waals surface area contributed by atoms with E-state index in [0.29, 0.717) is 0 Å². The van der Waals surface area contributed by atoms with Crippen LogP contribution in [0, 0.1) is 0 Å². The highest BCUT2D eigenvalue weighted by atomic mass is 32.1.